The zero-order valence-electron chi connectivity index (χ0n) is 5.92. The summed E-state index contributed by atoms with van der Waals surface area (Å²) in [7, 11) is 0. The highest BCUT2D eigenvalue weighted by molar-refractivity contribution is 8.41. The van der Waals surface area contributed by atoms with E-state index in [1.54, 1.807) is 11.8 Å². The van der Waals surface area contributed by atoms with Gasteiger partial charge in [0.15, 0.2) is 0 Å². The molecule has 5 heteroatoms. The minimum atomic E-state index is 0.516. The Hall–Kier alpha value is 0.680. The molecule has 10 heavy (non-hydrogen) atoms. The molecule has 0 saturated heterocycles. The topological polar surface area (TPSA) is 49.9 Å². The second kappa shape index (κ2) is 7.78. The lowest BCUT2D eigenvalue weighted by molar-refractivity contribution is 1.41. The minimum Gasteiger partial charge on any atom is -0.322 e. The van der Waals surface area contributed by atoms with Crippen molar-refractivity contribution >= 4 is 39.7 Å². The number of rotatable bonds is 4. The van der Waals surface area contributed by atoms with Crippen LogP contribution in [0.2, 0.25) is 0 Å². The number of hydrogen-bond donors (Lipinski definition) is 2. The lowest BCUT2D eigenvalue weighted by Gasteiger charge is -1.98. The molecule has 0 spiro atoms. The van der Waals surface area contributed by atoms with Gasteiger partial charge in [-0.3, -0.25) is 5.41 Å². The number of thioether (sulfide) groups is 3. The van der Waals surface area contributed by atoms with Crippen LogP contribution in [-0.4, -0.2) is 21.1 Å². The van der Waals surface area contributed by atoms with Crippen molar-refractivity contribution < 1.29 is 0 Å². The Balaban J connectivity index is 3.05. The minimum absolute atomic E-state index is 0.516. The van der Waals surface area contributed by atoms with E-state index < -0.39 is 0 Å². The van der Waals surface area contributed by atoms with Crippen LogP contribution in [0.4, 0.5) is 0 Å². The van der Waals surface area contributed by atoms with E-state index in [9.17, 15) is 0 Å². The second-order valence-corrected chi connectivity index (χ2v) is 5.27. The third-order valence-corrected chi connectivity index (χ3v) is 3.64. The smallest absolute Gasteiger partial charge is 0.123 e. The number of nitrogens with two attached hydrogens (primary N) is 1. The fraction of sp³-hybridized carbons (Fsp3) is 0.800. The van der Waals surface area contributed by atoms with Crippen LogP contribution >= 0.6 is 35.3 Å². The maximum absolute atomic E-state index is 7.30. The third kappa shape index (κ3) is 6.80. The third-order valence-electron chi connectivity index (χ3n) is 0.692. The van der Waals surface area contributed by atoms with Crippen molar-refractivity contribution in [3.63, 3.8) is 0 Å². The largest absolute Gasteiger partial charge is 0.322 e. The Morgan fingerprint density at radius 2 is 2.20 bits per heavy atom. The molecule has 0 aliphatic rings. The van der Waals surface area contributed by atoms with Gasteiger partial charge in [-0.25, -0.2) is 0 Å². The molecule has 0 unspecified atom stereocenters. The highest BCUT2D eigenvalue weighted by Crippen LogP contribution is 2.18. The van der Waals surface area contributed by atoms with E-state index in [0.717, 1.165) is 10.8 Å². The van der Waals surface area contributed by atoms with Crippen molar-refractivity contribution in [3.05, 3.63) is 0 Å². The van der Waals surface area contributed by atoms with E-state index in [1.807, 2.05) is 11.8 Å². The van der Waals surface area contributed by atoms with Gasteiger partial charge < -0.3 is 5.73 Å². The Morgan fingerprint density at radius 1 is 1.50 bits per heavy atom. The van der Waals surface area contributed by atoms with Gasteiger partial charge in [-0.05, 0) is 5.75 Å². The van der Waals surface area contributed by atoms with E-state index in [2.05, 4.69) is 6.92 Å². The first-order valence-electron chi connectivity index (χ1n) is 2.93. The summed E-state index contributed by atoms with van der Waals surface area (Å²) in [5.74, 6) is 1.64. The van der Waals surface area contributed by atoms with Gasteiger partial charge in [-0.1, -0.05) is 30.4 Å². The molecule has 0 aliphatic carbocycles. The highest BCUT2D eigenvalue weighted by atomic mass is 32.2. The predicted molar refractivity (Wildman–Crippen MR) is 55.0 cm³/mol. The molecule has 3 N–H and O–H groups in total. The van der Waals surface area contributed by atoms with Gasteiger partial charge in [0, 0.05) is 11.0 Å². The normalized spacial score (nSPS) is 9.80. The van der Waals surface area contributed by atoms with Crippen LogP contribution in [0.25, 0.3) is 0 Å². The molecule has 0 amide bonds. The monoisotopic (exact) mass is 196 g/mol. The fourth-order valence-electron chi connectivity index (χ4n) is 0.296. The van der Waals surface area contributed by atoms with Crippen molar-refractivity contribution in [1.29, 1.82) is 5.41 Å². The zero-order valence-corrected chi connectivity index (χ0v) is 8.37. The number of hydrogen-bond acceptors (Lipinski definition) is 5. The van der Waals surface area contributed by atoms with Crippen LogP contribution in [-0.2, 0) is 0 Å². The molecule has 0 heterocycles. The Bertz CT molecular complexity index is 96.9. The van der Waals surface area contributed by atoms with E-state index in [-0.39, 0.29) is 0 Å². The van der Waals surface area contributed by atoms with Gasteiger partial charge in [0.1, 0.15) is 4.38 Å². The van der Waals surface area contributed by atoms with Gasteiger partial charge in [0.05, 0.1) is 0 Å². The van der Waals surface area contributed by atoms with Crippen molar-refractivity contribution in [2.24, 2.45) is 5.73 Å². The molecule has 0 atom stereocenters. The van der Waals surface area contributed by atoms with E-state index >= 15 is 0 Å². The van der Waals surface area contributed by atoms with Gasteiger partial charge in [0.25, 0.3) is 0 Å². The summed E-state index contributed by atoms with van der Waals surface area (Å²) in [5.41, 5.74) is 5.24. The van der Waals surface area contributed by atoms with E-state index in [0.29, 0.717) is 10.3 Å². The molecule has 0 aromatic carbocycles. The lowest BCUT2D eigenvalue weighted by atomic mass is 11.0. The molecule has 60 valence electrons. The second-order valence-electron chi connectivity index (χ2n) is 1.35. The van der Waals surface area contributed by atoms with E-state index in [1.165, 1.54) is 11.8 Å². The van der Waals surface area contributed by atoms with Gasteiger partial charge in [-0.2, -0.15) is 11.8 Å². The summed E-state index contributed by atoms with van der Waals surface area (Å²) >= 11 is 4.78. The van der Waals surface area contributed by atoms with Crippen LogP contribution in [0, 0.1) is 5.41 Å². The highest BCUT2D eigenvalue weighted by Gasteiger charge is 1.95. The first kappa shape index (κ1) is 10.7. The first-order chi connectivity index (χ1) is 4.81. The summed E-state index contributed by atoms with van der Waals surface area (Å²) in [4.78, 5) is 0. The molecule has 0 aromatic heterocycles. The maximum atomic E-state index is 7.30. The van der Waals surface area contributed by atoms with Gasteiger partial charge in [0.2, 0.25) is 0 Å². The SMILES string of the molecule is CCSCSC(=N)SCN. The predicted octanol–water partition coefficient (Wildman–Crippen LogP) is 2.01. The fourth-order valence-corrected chi connectivity index (χ4v) is 2.85. The standard InChI is InChI=1S/C5H12N2S3/c1-2-8-4-10-5(7)9-3-6/h7H,2-4,6H2,1H3. The number of nitrogens with one attached hydrogen (secondary N) is 1. The Morgan fingerprint density at radius 3 is 2.70 bits per heavy atom. The molecule has 0 fully saturated rings. The summed E-state index contributed by atoms with van der Waals surface area (Å²) in [6, 6.07) is 0. The molecule has 0 rings (SSSR count). The van der Waals surface area contributed by atoms with Crippen molar-refractivity contribution in [1.82, 2.24) is 0 Å². The summed E-state index contributed by atoms with van der Waals surface area (Å²) < 4.78 is 0.628. The Labute approximate surface area is 74.6 Å². The first-order valence-corrected chi connectivity index (χ1v) is 6.05. The van der Waals surface area contributed by atoms with Crippen molar-refractivity contribution in [3.8, 4) is 0 Å². The summed E-state index contributed by atoms with van der Waals surface area (Å²) in [6.07, 6.45) is 0. The zero-order chi connectivity index (χ0) is 7.82. The molecule has 0 radical (unpaired) electrons. The van der Waals surface area contributed by atoms with Crippen molar-refractivity contribution in [2.45, 2.75) is 6.92 Å². The summed E-state index contributed by atoms with van der Waals surface area (Å²) in [5, 5.41) is 8.27. The Kier molecular flexibility index (Phi) is 8.31. The van der Waals surface area contributed by atoms with Crippen LogP contribution in [0.15, 0.2) is 0 Å². The van der Waals surface area contributed by atoms with Crippen LogP contribution in [0.1, 0.15) is 6.92 Å². The maximum Gasteiger partial charge on any atom is 0.123 e. The lowest BCUT2D eigenvalue weighted by Crippen LogP contribution is -1.96. The molecule has 0 saturated carbocycles. The summed E-state index contributed by atoms with van der Waals surface area (Å²) in [6.45, 7) is 2.12. The average Bonchev–Trinajstić information content (AvgIpc) is 1.89. The molecule has 0 bridgehead atoms. The molecule has 0 aromatic rings. The van der Waals surface area contributed by atoms with Gasteiger partial charge >= 0.3 is 0 Å². The van der Waals surface area contributed by atoms with E-state index in [4.69, 9.17) is 11.1 Å². The molecule has 0 aliphatic heterocycles. The van der Waals surface area contributed by atoms with Crippen LogP contribution in [0.3, 0.4) is 0 Å². The average molecular weight is 196 g/mol. The quantitative estimate of drug-likeness (QED) is 0.312. The van der Waals surface area contributed by atoms with Crippen LogP contribution < -0.4 is 5.73 Å². The van der Waals surface area contributed by atoms with Gasteiger partial charge in [-0.15, -0.1) is 0 Å². The molecular formula is C5H12N2S3. The van der Waals surface area contributed by atoms with Crippen LogP contribution in [0.5, 0.6) is 0 Å². The molecular weight excluding hydrogens is 184 g/mol. The molecule has 2 nitrogen and oxygen atoms in total. The van der Waals surface area contributed by atoms with Crippen molar-refractivity contribution in [2.75, 3.05) is 16.7 Å².